The molecule has 4 aromatic rings. The summed E-state index contributed by atoms with van der Waals surface area (Å²) in [5, 5.41) is 16.3. The molecule has 11 N–H and O–H groups in total. The number of amides is 2. The van der Waals surface area contributed by atoms with Crippen molar-refractivity contribution < 1.29 is 101 Å². The van der Waals surface area contributed by atoms with Crippen molar-refractivity contribution in [2.45, 2.75) is 105 Å². The average Bonchev–Trinajstić information content (AvgIpc) is 4.21. The third-order valence-corrected chi connectivity index (χ3v) is 18.7. The first kappa shape index (κ1) is 61.3. The van der Waals surface area contributed by atoms with Crippen LogP contribution in [0.15, 0.2) is 82.8 Å². The van der Waals surface area contributed by atoms with E-state index >= 15 is 0 Å². The Kier molecular flexibility index (Phi) is 18.0. The zero-order valence-corrected chi connectivity index (χ0v) is 47.1. The molecule has 6 atom stereocenters. The number of imidazole rings is 1. The van der Waals surface area contributed by atoms with Crippen LogP contribution in [0.4, 0.5) is 22.0 Å². The number of fused-ring (bicyclic) bond motifs is 3. The summed E-state index contributed by atoms with van der Waals surface area (Å²) in [4.78, 5) is 76.7. The van der Waals surface area contributed by atoms with Gasteiger partial charge in [-0.3, -0.25) is 23.0 Å². The summed E-state index contributed by atoms with van der Waals surface area (Å²) in [6, 6.07) is 8.90. The van der Waals surface area contributed by atoms with E-state index in [0.29, 0.717) is 43.5 Å². The summed E-state index contributed by atoms with van der Waals surface area (Å²) in [7, 11) is -26.2. The van der Waals surface area contributed by atoms with Crippen LogP contribution in [0, 0.1) is 0 Å². The highest BCUT2D eigenvalue weighted by Crippen LogP contribution is 2.66. The Morgan fingerprint density at radius 3 is 2.19 bits per heavy atom. The third kappa shape index (κ3) is 14.0. The number of phosphoric acid groups is 3. The molecule has 5 heterocycles. The minimum absolute atomic E-state index is 0.0336. The first-order chi connectivity index (χ1) is 36.6. The number of hydrogen-bond acceptors (Lipinski definition) is 20. The lowest BCUT2D eigenvalue weighted by Crippen LogP contribution is -2.41. The molecule has 1 fully saturated rings. The third-order valence-electron chi connectivity index (χ3n) is 13.2. The Hall–Kier alpha value is -5.37. The van der Waals surface area contributed by atoms with Gasteiger partial charge in [-0.15, -0.1) is 0 Å². The number of allylic oxidation sites excluding steroid dienone is 4. The van der Waals surface area contributed by atoms with Crippen molar-refractivity contribution in [3.63, 3.8) is 0 Å². The summed E-state index contributed by atoms with van der Waals surface area (Å²) in [5.41, 5.74) is 9.16. The van der Waals surface area contributed by atoms with Crippen molar-refractivity contribution in [1.29, 1.82) is 0 Å². The van der Waals surface area contributed by atoms with Crippen LogP contribution in [0.2, 0.25) is 0 Å². The van der Waals surface area contributed by atoms with Crippen molar-refractivity contribution in [2.75, 3.05) is 43.4 Å². The van der Waals surface area contributed by atoms with Crippen molar-refractivity contribution in [3.05, 3.63) is 84.1 Å². The van der Waals surface area contributed by atoms with Crippen molar-refractivity contribution >= 4 is 89.8 Å². The van der Waals surface area contributed by atoms with Gasteiger partial charge in [-0.1, -0.05) is 19.9 Å². The zero-order valence-electron chi connectivity index (χ0n) is 42.8. The number of unbranched alkanes of at least 4 members (excludes halogenated alkanes) is 2. The summed E-state index contributed by atoms with van der Waals surface area (Å²) in [6.07, 6.45) is 1.87. The number of nitrogens with two attached hydrogens (primary N) is 1. The highest BCUT2D eigenvalue weighted by atomic mass is 32.2. The highest BCUT2D eigenvalue weighted by molar-refractivity contribution is 7.86. The summed E-state index contributed by atoms with van der Waals surface area (Å²) < 4.78 is 130. The van der Waals surface area contributed by atoms with E-state index < -0.39 is 91.8 Å². The molecule has 0 radical (unpaired) electrons. The average molecular weight is 1210 g/mol. The van der Waals surface area contributed by atoms with E-state index in [1.54, 1.807) is 12.1 Å². The number of hydrogen-bond donors (Lipinski definition) is 10. The molecular weight excluding hydrogens is 1150 g/mol. The predicted octanol–water partition coefficient (Wildman–Crippen LogP) is 3.61. The Bertz CT molecular complexity index is 3510. The minimum atomic E-state index is -5.88. The number of alkyl carbamates (subject to hydrolysis) is 1. The molecule has 2 amide bonds. The van der Waals surface area contributed by atoms with E-state index in [1.807, 2.05) is 52.8 Å². The van der Waals surface area contributed by atoms with Crippen molar-refractivity contribution in [2.24, 2.45) is 0 Å². The van der Waals surface area contributed by atoms with Crippen LogP contribution in [0.1, 0.15) is 77.7 Å². The molecule has 2 aromatic heterocycles. The van der Waals surface area contributed by atoms with E-state index in [9.17, 15) is 64.1 Å². The Labute approximate surface area is 452 Å². The second kappa shape index (κ2) is 23.2. The number of nitrogen functional groups attached to an aromatic ring is 1. The van der Waals surface area contributed by atoms with E-state index in [-0.39, 0.29) is 52.2 Å². The topological polar surface area (TPSA) is 441 Å². The van der Waals surface area contributed by atoms with Gasteiger partial charge in [0.05, 0.1) is 28.1 Å². The number of nitrogens with one attached hydrogen (secondary N) is 2. The minimum Gasteiger partial charge on any atom is -0.439 e. The van der Waals surface area contributed by atoms with E-state index in [4.69, 9.17) is 25.0 Å². The molecule has 432 valence electrons. The summed E-state index contributed by atoms with van der Waals surface area (Å²) in [6.45, 7) is 9.39. The van der Waals surface area contributed by atoms with E-state index in [1.165, 1.54) is 28.8 Å². The predicted molar refractivity (Wildman–Crippen MR) is 278 cm³/mol. The number of nitrogens with zero attached hydrogens (tertiary/aromatic N) is 6. The fourth-order valence-electron chi connectivity index (χ4n) is 9.53. The highest BCUT2D eigenvalue weighted by Gasteiger charge is 2.50. The number of ether oxygens (including phenoxy) is 2. The number of carbonyl (C=O) groups is 2. The molecule has 30 nitrogen and oxygen atoms in total. The number of carbonyl (C=O) groups excluding carboxylic acids is 2. The van der Waals surface area contributed by atoms with Crippen LogP contribution in [0.5, 0.6) is 0 Å². The van der Waals surface area contributed by atoms with E-state index in [0.717, 1.165) is 35.4 Å². The summed E-state index contributed by atoms with van der Waals surface area (Å²) in [5.74, 6) is -0.400. The number of phosphoric ester groups is 1. The number of rotatable bonds is 23. The maximum absolute atomic E-state index is 13.1. The Morgan fingerprint density at radius 2 is 1.53 bits per heavy atom. The molecule has 3 aliphatic heterocycles. The SMILES string of the molecule is CCN1/C(=C/C=C/C2=[N+](CCCCCC(=O)NCCNC(=O)O[C@@H]3[C@H](O)[C@@H](COP(=O)(O)OP(=O)(O)OP(=O)(O)O)O[C@H]3n3cnc4c(N)ncnc43)c3ccc(S(=O)(=O)O)cc3C2(C)C)C(C)(C)c2cc(S(=O)(=O)O)ccc21. The van der Waals surface area contributed by atoms with Crippen LogP contribution in [-0.2, 0) is 72.2 Å². The van der Waals surface area contributed by atoms with Gasteiger partial charge in [-0.2, -0.15) is 30.0 Å². The second-order valence-corrected chi connectivity index (χ2v) is 26.5. The van der Waals surface area contributed by atoms with Crippen LogP contribution < -0.4 is 21.3 Å². The van der Waals surface area contributed by atoms with Crippen LogP contribution in [-0.4, -0.2) is 144 Å². The molecule has 1 saturated heterocycles. The van der Waals surface area contributed by atoms with E-state index in [2.05, 4.69) is 48.2 Å². The molecule has 0 bridgehead atoms. The van der Waals surface area contributed by atoms with Gasteiger partial charge in [-0.05, 0) is 75.6 Å². The zero-order chi connectivity index (χ0) is 58.3. The number of benzene rings is 2. The molecular formula is C44H59N9O21P3S2+. The lowest BCUT2D eigenvalue weighted by atomic mass is 9.81. The molecule has 2 aromatic carbocycles. The quantitative estimate of drug-likeness (QED) is 0.0219. The smallest absolute Gasteiger partial charge is 0.439 e. The number of likely N-dealkylation sites (N-methyl/N-ethyl adjacent to an activating group) is 1. The van der Waals surface area contributed by atoms with Gasteiger partial charge >= 0.3 is 29.6 Å². The Morgan fingerprint density at radius 1 is 0.873 bits per heavy atom. The first-order valence-corrected chi connectivity index (χ1v) is 31.4. The monoisotopic (exact) mass is 1210 g/mol. The van der Waals surface area contributed by atoms with Gasteiger partial charge in [0.25, 0.3) is 20.2 Å². The fourth-order valence-corrected chi connectivity index (χ4v) is 13.6. The number of aromatic nitrogens is 4. The normalized spacial score (nSPS) is 22.0. The summed E-state index contributed by atoms with van der Waals surface area (Å²) >= 11 is 0. The maximum atomic E-state index is 13.1. The number of aliphatic hydroxyl groups is 1. The molecule has 3 aliphatic rings. The van der Waals surface area contributed by atoms with Gasteiger partial charge in [0, 0.05) is 67.0 Å². The lowest BCUT2D eigenvalue weighted by Gasteiger charge is -2.25. The first-order valence-electron chi connectivity index (χ1n) is 24.0. The number of aliphatic hydroxyl groups excluding tert-OH is 1. The molecule has 0 saturated carbocycles. The maximum Gasteiger partial charge on any atom is 0.490 e. The molecule has 0 aliphatic carbocycles. The van der Waals surface area contributed by atoms with Crippen LogP contribution in [0.25, 0.3) is 11.2 Å². The van der Waals surface area contributed by atoms with Crippen LogP contribution in [0.3, 0.4) is 0 Å². The van der Waals surface area contributed by atoms with Gasteiger partial charge in [0.15, 0.2) is 29.5 Å². The molecule has 2 unspecified atom stereocenters. The Balaban J connectivity index is 0.949. The van der Waals surface area contributed by atoms with Gasteiger partial charge in [0.1, 0.15) is 30.6 Å². The fraction of sp³-hybridized carbons (Fsp3) is 0.455. The lowest BCUT2D eigenvalue weighted by molar-refractivity contribution is -0.438. The van der Waals surface area contributed by atoms with Crippen molar-refractivity contribution in [1.82, 2.24) is 30.2 Å². The van der Waals surface area contributed by atoms with Crippen LogP contribution >= 0.6 is 23.5 Å². The largest absolute Gasteiger partial charge is 0.490 e. The van der Waals surface area contributed by atoms with Gasteiger partial charge in [0.2, 0.25) is 11.6 Å². The van der Waals surface area contributed by atoms with Gasteiger partial charge in [-0.25, -0.2) is 33.4 Å². The second-order valence-electron chi connectivity index (χ2n) is 19.2. The standard InChI is InChI=1S/C44H58N9O21P3S2/c1-6-51-30-16-14-26(78(64,65)66)21-28(30)43(2,3)33(51)11-10-12-34-44(4,5)29-22-27(79(67,68)69)15-17-31(29)52(34)20-9-7-8-13-35(54)46-18-19-47-42(56)72-38-37(55)32(23-70-76(60,61)74-77(62,63)73-75(57,58)59)71-41(38)53-25-50-36-39(45)48-24-49-40(36)53/h10-12,14-17,21-22,24-25,32,37-38,41,55H,6-9,13,18-20,23H2,1-5H3,(H9-,45,46,47,48,49,54,56,57,58,59,60,61,62,63,64,65,66,67,68,69)/p+1/t32-,37-,38-,41-/m1/s1. The molecule has 79 heavy (non-hydrogen) atoms. The number of anilines is 2. The molecule has 35 heteroatoms. The molecule has 0 spiro atoms. The van der Waals surface area contributed by atoms with Crippen molar-refractivity contribution in [3.8, 4) is 0 Å². The molecule has 7 rings (SSSR count). The van der Waals surface area contributed by atoms with Gasteiger partial charge < -0.3 is 55.4 Å².